The average Bonchev–Trinajstić information content (AvgIpc) is 2.81. The molecule has 32 heavy (non-hydrogen) atoms. The summed E-state index contributed by atoms with van der Waals surface area (Å²) in [5.74, 6) is 0.493. The van der Waals surface area contributed by atoms with Crippen LogP contribution in [-0.2, 0) is 4.74 Å². The lowest BCUT2D eigenvalue weighted by molar-refractivity contribution is 0.0497. The number of esters is 1. The van der Waals surface area contributed by atoms with Crippen LogP contribution in [-0.4, -0.2) is 19.2 Å². The summed E-state index contributed by atoms with van der Waals surface area (Å²) in [6.45, 7) is 7.66. The minimum Gasteiger partial charge on any atom is -0.494 e. The van der Waals surface area contributed by atoms with Gasteiger partial charge in [0.2, 0.25) is 0 Å². The quantitative estimate of drug-likeness (QED) is 0.122. The second-order valence-corrected chi connectivity index (χ2v) is 8.60. The van der Waals surface area contributed by atoms with Crippen molar-refractivity contribution in [3.63, 3.8) is 0 Å². The van der Waals surface area contributed by atoms with Crippen molar-refractivity contribution in [1.82, 2.24) is 0 Å². The molecule has 1 rings (SSSR count). The van der Waals surface area contributed by atoms with Gasteiger partial charge in [0.25, 0.3) is 0 Å². The van der Waals surface area contributed by atoms with E-state index in [-0.39, 0.29) is 5.97 Å². The lowest BCUT2D eigenvalue weighted by Crippen LogP contribution is -2.07. The Morgan fingerprint density at radius 2 is 1.56 bits per heavy atom. The lowest BCUT2D eigenvalue weighted by atomic mass is 10.1. The van der Waals surface area contributed by atoms with Gasteiger partial charge >= 0.3 is 5.97 Å². The molecule has 0 saturated carbocycles. The minimum atomic E-state index is -0.252. The van der Waals surface area contributed by atoms with Crippen LogP contribution < -0.4 is 4.74 Å². The van der Waals surface area contributed by atoms with Gasteiger partial charge in [-0.2, -0.15) is 0 Å². The molecule has 1 aromatic carbocycles. The van der Waals surface area contributed by atoms with Crippen LogP contribution in [0.25, 0.3) is 0 Å². The van der Waals surface area contributed by atoms with Crippen LogP contribution in [0.2, 0.25) is 0 Å². The molecule has 0 aliphatic carbocycles. The Morgan fingerprint density at radius 1 is 0.875 bits per heavy atom. The standard InChI is InChI=1S/C29H46O3/c1-4-6-7-8-11-14-17-23-31-28-22-19-21-27(25-28)29(30)32-24-18-15-12-9-10-13-16-20-26(3)5-2/h5-7,19,21-22,25H,4,8-18,20,23-24H2,1-3H3/b7-6-,26-5+. The molecule has 0 spiro atoms. The van der Waals surface area contributed by atoms with Crippen molar-refractivity contribution in [2.24, 2.45) is 0 Å². The van der Waals surface area contributed by atoms with Gasteiger partial charge in [0.15, 0.2) is 0 Å². The molecule has 0 aliphatic rings. The first kappa shape index (κ1) is 28.0. The molecule has 0 amide bonds. The van der Waals surface area contributed by atoms with Crippen LogP contribution in [0.5, 0.6) is 5.75 Å². The molecule has 0 unspecified atom stereocenters. The Labute approximate surface area is 197 Å². The van der Waals surface area contributed by atoms with Crippen LogP contribution >= 0.6 is 0 Å². The highest BCUT2D eigenvalue weighted by molar-refractivity contribution is 5.89. The number of carbonyl (C=O) groups excluding carboxylic acids is 1. The second kappa shape index (κ2) is 19.6. The zero-order valence-corrected chi connectivity index (χ0v) is 20.9. The first-order valence-corrected chi connectivity index (χ1v) is 12.8. The maximum Gasteiger partial charge on any atom is 0.338 e. The van der Waals surface area contributed by atoms with Crippen molar-refractivity contribution >= 4 is 5.97 Å². The molecule has 0 aliphatic heterocycles. The zero-order chi connectivity index (χ0) is 23.3. The molecule has 0 heterocycles. The van der Waals surface area contributed by atoms with E-state index in [0.29, 0.717) is 18.8 Å². The van der Waals surface area contributed by atoms with Gasteiger partial charge < -0.3 is 9.47 Å². The first-order valence-electron chi connectivity index (χ1n) is 12.8. The number of allylic oxidation sites excluding steroid dienone is 4. The van der Waals surface area contributed by atoms with Gasteiger partial charge in [0.1, 0.15) is 5.75 Å². The fraction of sp³-hybridized carbons (Fsp3) is 0.621. The molecule has 3 heteroatoms. The van der Waals surface area contributed by atoms with Crippen molar-refractivity contribution in [1.29, 1.82) is 0 Å². The molecule has 0 bridgehead atoms. The van der Waals surface area contributed by atoms with Crippen molar-refractivity contribution in [2.45, 2.75) is 104 Å². The molecule has 0 atom stereocenters. The molecule has 180 valence electrons. The minimum absolute atomic E-state index is 0.252. The molecule has 0 N–H and O–H groups in total. The normalized spacial score (nSPS) is 11.8. The number of hydrogen-bond donors (Lipinski definition) is 0. The highest BCUT2D eigenvalue weighted by atomic mass is 16.5. The fourth-order valence-corrected chi connectivity index (χ4v) is 3.51. The van der Waals surface area contributed by atoms with Gasteiger partial charge in [-0.15, -0.1) is 0 Å². The van der Waals surface area contributed by atoms with E-state index in [1.54, 1.807) is 12.1 Å². The third-order valence-corrected chi connectivity index (χ3v) is 5.70. The molecule has 0 saturated heterocycles. The summed E-state index contributed by atoms with van der Waals surface area (Å²) < 4.78 is 11.3. The Hall–Kier alpha value is -2.03. The molecular weight excluding hydrogens is 396 g/mol. The van der Waals surface area contributed by atoms with E-state index in [2.05, 4.69) is 39.0 Å². The topological polar surface area (TPSA) is 35.5 Å². The summed E-state index contributed by atoms with van der Waals surface area (Å²) in [4.78, 5) is 12.3. The fourth-order valence-electron chi connectivity index (χ4n) is 3.51. The van der Waals surface area contributed by atoms with Crippen LogP contribution in [0.3, 0.4) is 0 Å². The maximum atomic E-state index is 12.3. The zero-order valence-electron chi connectivity index (χ0n) is 20.9. The van der Waals surface area contributed by atoms with Gasteiger partial charge in [-0.25, -0.2) is 4.79 Å². The maximum absolute atomic E-state index is 12.3. The largest absolute Gasteiger partial charge is 0.494 e. The van der Waals surface area contributed by atoms with Crippen molar-refractivity contribution < 1.29 is 14.3 Å². The van der Waals surface area contributed by atoms with Gasteiger partial charge in [-0.1, -0.05) is 68.9 Å². The summed E-state index contributed by atoms with van der Waals surface area (Å²) in [5, 5.41) is 0. The van der Waals surface area contributed by atoms with Crippen molar-refractivity contribution in [2.75, 3.05) is 13.2 Å². The summed E-state index contributed by atoms with van der Waals surface area (Å²) in [6.07, 6.45) is 22.0. The molecule has 3 nitrogen and oxygen atoms in total. The van der Waals surface area contributed by atoms with E-state index in [1.165, 1.54) is 50.5 Å². The molecular formula is C29H46O3. The first-order chi connectivity index (χ1) is 15.7. The van der Waals surface area contributed by atoms with Crippen molar-refractivity contribution in [3.05, 3.63) is 53.6 Å². The predicted molar refractivity (Wildman–Crippen MR) is 136 cm³/mol. The van der Waals surface area contributed by atoms with E-state index in [1.807, 2.05) is 12.1 Å². The third kappa shape index (κ3) is 14.9. The number of rotatable bonds is 19. The average molecular weight is 443 g/mol. The van der Waals surface area contributed by atoms with Gasteiger partial charge in [0, 0.05) is 0 Å². The lowest BCUT2D eigenvalue weighted by Gasteiger charge is -2.08. The predicted octanol–water partition coefficient (Wildman–Crippen LogP) is 8.84. The number of benzene rings is 1. The van der Waals surface area contributed by atoms with E-state index in [9.17, 15) is 4.79 Å². The number of carbonyl (C=O) groups is 1. The van der Waals surface area contributed by atoms with E-state index < -0.39 is 0 Å². The van der Waals surface area contributed by atoms with E-state index in [0.717, 1.165) is 44.3 Å². The highest BCUT2D eigenvalue weighted by Gasteiger charge is 2.08. The van der Waals surface area contributed by atoms with Gasteiger partial charge in [-0.3, -0.25) is 0 Å². The van der Waals surface area contributed by atoms with E-state index in [4.69, 9.17) is 9.47 Å². The third-order valence-electron chi connectivity index (χ3n) is 5.70. The van der Waals surface area contributed by atoms with Gasteiger partial charge in [0.05, 0.1) is 18.8 Å². The SMILES string of the molecule is C/C=C(\C)CCCCCCCCCOC(=O)c1cccc(OCCCCC/C=C\CC)c1. The summed E-state index contributed by atoms with van der Waals surface area (Å²) in [6, 6.07) is 7.35. The summed E-state index contributed by atoms with van der Waals surface area (Å²) in [5.41, 5.74) is 2.07. The Balaban J connectivity index is 2.09. The Kier molecular flexibility index (Phi) is 17.2. The molecule has 0 fully saturated rings. The van der Waals surface area contributed by atoms with Crippen LogP contribution in [0.4, 0.5) is 0 Å². The van der Waals surface area contributed by atoms with E-state index >= 15 is 0 Å². The summed E-state index contributed by atoms with van der Waals surface area (Å²) in [7, 11) is 0. The molecule has 0 radical (unpaired) electrons. The number of hydrogen-bond acceptors (Lipinski definition) is 3. The number of ether oxygens (including phenoxy) is 2. The Bertz CT molecular complexity index is 660. The molecule has 1 aromatic rings. The van der Waals surface area contributed by atoms with Gasteiger partial charge in [-0.05, 0) is 83.4 Å². The smallest absolute Gasteiger partial charge is 0.338 e. The van der Waals surface area contributed by atoms with Crippen LogP contribution in [0.1, 0.15) is 115 Å². The molecule has 0 aromatic heterocycles. The second-order valence-electron chi connectivity index (χ2n) is 8.60. The van der Waals surface area contributed by atoms with Crippen LogP contribution in [0.15, 0.2) is 48.1 Å². The summed E-state index contributed by atoms with van der Waals surface area (Å²) >= 11 is 0. The monoisotopic (exact) mass is 442 g/mol. The highest BCUT2D eigenvalue weighted by Crippen LogP contribution is 2.16. The number of unbranched alkanes of at least 4 members (excludes halogenated alkanes) is 9. The van der Waals surface area contributed by atoms with Crippen molar-refractivity contribution in [3.8, 4) is 5.75 Å². The Morgan fingerprint density at radius 3 is 2.31 bits per heavy atom. The van der Waals surface area contributed by atoms with Crippen LogP contribution in [0, 0.1) is 0 Å².